The zero-order valence-corrected chi connectivity index (χ0v) is 14.9. The highest BCUT2D eigenvalue weighted by Gasteiger charge is 2.24. The Hall–Kier alpha value is -0.710. The second-order valence-electron chi connectivity index (χ2n) is 5.75. The highest BCUT2D eigenvalue weighted by molar-refractivity contribution is 7.98. The molecule has 0 aliphatic carbocycles. The van der Waals surface area contributed by atoms with E-state index in [1.807, 2.05) is 11.2 Å². The summed E-state index contributed by atoms with van der Waals surface area (Å²) in [6.07, 6.45) is 6.10. The van der Waals surface area contributed by atoms with E-state index in [-0.39, 0.29) is 24.4 Å². The topological polar surface area (TPSA) is 46.3 Å². The molecule has 5 heteroatoms. The average molecular weight is 343 g/mol. The minimum absolute atomic E-state index is 0. The lowest BCUT2D eigenvalue weighted by Gasteiger charge is -2.24. The van der Waals surface area contributed by atoms with E-state index < -0.39 is 0 Å². The fourth-order valence-electron chi connectivity index (χ4n) is 2.98. The van der Waals surface area contributed by atoms with Crippen molar-refractivity contribution in [1.82, 2.24) is 4.90 Å². The molecule has 0 aromatic heterocycles. The summed E-state index contributed by atoms with van der Waals surface area (Å²) < 4.78 is 0. The first-order chi connectivity index (χ1) is 10.2. The summed E-state index contributed by atoms with van der Waals surface area (Å²) >= 11 is 1.75. The molecule has 1 heterocycles. The van der Waals surface area contributed by atoms with Crippen molar-refractivity contribution in [2.75, 3.05) is 25.1 Å². The minimum Gasteiger partial charge on any atom is -0.341 e. The standard InChI is InChI=1S/C17H26N2OS.ClH/c1-21-13-10-16(18)17(20)19-11-5-8-15(9-12-19)14-6-3-2-4-7-14;/h2-4,6-7,15-16H,5,8-13,18H2,1H3;1H/t15?,16-;/m0./s1. The van der Waals surface area contributed by atoms with Crippen molar-refractivity contribution in [2.24, 2.45) is 5.73 Å². The Balaban J connectivity index is 0.00000242. The lowest BCUT2D eigenvalue weighted by atomic mass is 9.92. The van der Waals surface area contributed by atoms with Crippen LogP contribution in [0.15, 0.2) is 30.3 Å². The van der Waals surface area contributed by atoms with Crippen molar-refractivity contribution < 1.29 is 4.79 Å². The van der Waals surface area contributed by atoms with E-state index in [1.165, 1.54) is 5.56 Å². The van der Waals surface area contributed by atoms with Crippen LogP contribution in [0.25, 0.3) is 0 Å². The van der Waals surface area contributed by atoms with Gasteiger partial charge in [0.15, 0.2) is 0 Å². The Kier molecular flexibility index (Phi) is 8.91. The minimum atomic E-state index is -0.328. The number of nitrogens with zero attached hydrogens (tertiary/aromatic N) is 1. The summed E-state index contributed by atoms with van der Waals surface area (Å²) in [7, 11) is 0. The molecule has 0 radical (unpaired) electrons. The molecule has 0 bridgehead atoms. The molecule has 1 aromatic carbocycles. The van der Waals surface area contributed by atoms with E-state index in [9.17, 15) is 4.79 Å². The van der Waals surface area contributed by atoms with Crippen LogP contribution in [0.1, 0.15) is 37.2 Å². The first-order valence-electron chi connectivity index (χ1n) is 7.80. The molecule has 0 saturated carbocycles. The molecule has 0 spiro atoms. The van der Waals surface area contributed by atoms with Gasteiger partial charge in [0, 0.05) is 13.1 Å². The predicted octanol–water partition coefficient (Wildman–Crippen LogP) is 3.28. The molecule has 1 amide bonds. The maximum atomic E-state index is 12.4. The smallest absolute Gasteiger partial charge is 0.239 e. The molecule has 2 N–H and O–H groups in total. The van der Waals surface area contributed by atoms with Crippen LogP contribution in [0.2, 0.25) is 0 Å². The summed E-state index contributed by atoms with van der Waals surface area (Å²) in [6.45, 7) is 1.69. The van der Waals surface area contributed by atoms with Crippen LogP contribution in [0.3, 0.4) is 0 Å². The number of rotatable bonds is 5. The van der Waals surface area contributed by atoms with Crippen molar-refractivity contribution in [3.8, 4) is 0 Å². The third kappa shape index (κ3) is 5.49. The van der Waals surface area contributed by atoms with Crippen LogP contribution in [0, 0.1) is 0 Å². The zero-order valence-electron chi connectivity index (χ0n) is 13.2. The van der Waals surface area contributed by atoms with Gasteiger partial charge in [-0.25, -0.2) is 0 Å². The highest BCUT2D eigenvalue weighted by Crippen LogP contribution is 2.28. The molecule has 124 valence electrons. The summed E-state index contributed by atoms with van der Waals surface area (Å²) in [5.41, 5.74) is 7.43. The van der Waals surface area contributed by atoms with Crippen LogP contribution in [-0.2, 0) is 4.79 Å². The highest BCUT2D eigenvalue weighted by atomic mass is 35.5. The summed E-state index contributed by atoms with van der Waals surface area (Å²) in [5, 5.41) is 0. The molecular weight excluding hydrogens is 316 g/mol. The van der Waals surface area contributed by atoms with Gasteiger partial charge in [0.2, 0.25) is 5.91 Å². The third-order valence-electron chi connectivity index (χ3n) is 4.26. The number of halogens is 1. The van der Waals surface area contributed by atoms with Crippen molar-refractivity contribution in [1.29, 1.82) is 0 Å². The number of carbonyl (C=O) groups is 1. The van der Waals surface area contributed by atoms with Crippen LogP contribution in [0.5, 0.6) is 0 Å². The molecule has 22 heavy (non-hydrogen) atoms. The normalized spacial score (nSPS) is 19.9. The van der Waals surface area contributed by atoms with Crippen LogP contribution in [0.4, 0.5) is 0 Å². The van der Waals surface area contributed by atoms with Crippen molar-refractivity contribution in [2.45, 2.75) is 37.6 Å². The molecular formula is C17H27ClN2OS. The summed E-state index contributed by atoms with van der Waals surface area (Å²) in [4.78, 5) is 14.4. The van der Waals surface area contributed by atoms with Crippen molar-refractivity contribution in [3.05, 3.63) is 35.9 Å². The van der Waals surface area contributed by atoms with E-state index in [1.54, 1.807) is 11.8 Å². The van der Waals surface area contributed by atoms with E-state index in [4.69, 9.17) is 5.73 Å². The fourth-order valence-corrected chi connectivity index (χ4v) is 3.47. The van der Waals surface area contributed by atoms with E-state index in [0.29, 0.717) is 5.92 Å². The van der Waals surface area contributed by atoms with Gasteiger partial charge < -0.3 is 10.6 Å². The maximum absolute atomic E-state index is 12.4. The second-order valence-corrected chi connectivity index (χ2v) is 6.74. The second kappa shape index (κ2) is 10.1. The summed E-state index contributed by atoms with van der Waals surface area (Å²) in [5.74, 6) is 1.66. The van der Waals surface area contributed by atoms with Gasteiger partial charge in [-0.3, -0.25) is 4.79 Å². The number of thioether (sulfide) groups is 1. The molecule has 2 rings (SSSR count). The number of nitrogens with two attached hydrogens (primary N) is 1. The molecule has 1 aliphatic rings. The Bertz CT molecular complexity index is 444. The van der Waals surface area contributed by atoms with Crippen molar-refractivity contribution >= 4 is 30.1 Å². The predicted molar refractivity (Wildman–Crippen MR) is 97.8 cm³/mol. The largest absolute Gasteiger partial charge is 0.341 e. The fraction of sp³-hybridized carbons (Fsp3) is 0.588. The molecule has 1 aliphatic heterocycles. The Morgan fingerprint density at radius 2 is 2.05 bits per heavy atom. The zero-order chi connectivity index (χ0) is 15.1. The average Bonchev–Trinajstić information content (AvgIpc) is 2.78. The summed E-state index contributed by atoms with van der Waals surface area (Å²) in [6, 6.07) is 10.3. The van der Waals surface area contributed by atoms with Gasteiger partial charge in [-0.15, -0.1) is 12.4 Å². The van der Waals surface area contributed by atoms with E-state index in [2.05, 4.69) is 30.3 Å². The number of carbonyl (C=O) groups excluding carboxylic acids is 1. The van der Waals surface area contributed by atoms with E-state index in [0.717, 1.165) is 44.5 Å². The Morgan fingerprint density at radius 1 is 1.32 bits per heavy atom. The third-order valence-corrected chi connectivity index (χ3v) is 4.90. The van der Waals surface area contributed by atoms with Gasteiger partial charge >= 0.3 is 0 Å². The lowest BCUT2D eigenvalue weighted by molar-refractivity contribution is -0.132. The first kappa shape index (κ1) is 19.3. The monoisotopic (exact) mass is 342 g/mol. The van der Waals surface area contributed by atoms with Crippen LogP contribution >= 0.6 is 24.2 Å². The molecule has 2 atom stereocenters. The van der Waals surface area contributed by atoms with Gasteiger partial charge in [-0.05, 0) is 49.2 Å². The maximum Gasteiger partial charge on any atom is 0.239 e. The van der Waals surface area contributed by atoms with Gasteiger partial charge in [0.25, 0.3) is 0 Å². The number of hydrogen-bond donors (Lipinski definition) is 1. The quantitative estimate of drug-likeness (QED) is 0.893. The van der Waals surface area contributed by atoms with Gasteiger partial charge in [-0.2, -0.15) is 11.8 Å². The number of hydrogen-bond acceptors (Lipinski definition) is 3. The number of benzene rings is 1. The molecule has 1 fully saturated rings. The number of amides is 1. The van der Waals surface area contributed by atoms with Gasteiger partial charge in [-0.1, -0.05) is 30.3 Å². The Morgan fingerprint density at radius 3 is 2.73 bits per heavy atom. The van der Waals surface area contributed by atoms with Crippen LogP contribution < -0.4 is 5.73 Å². The molecule has 3 nitrogen and oxygen atoms in total. The molecule has 1 aromatic rings. The Labute approximate surface area is 144 Å². The van der Waals surface area contributed by atoms with Crippen LogP contribution in [-0.4, -0.2) is 41.9 Å². The van der Waals surface area contributed by atoms with Gasteiger partial charge in [0.1, 0.15) is 0 Å². The molecule has 1 saturated heterocycles. The van der Waals surface area contributed by atoms with Crippen molar-refractivity contribution in [3.63, 3.8) is 0 Å². The first-order valence-corrected chi connectivity index (χ1v) is 9.20. The lowest BCUT2D eigenvalue weighted by Crippen LogP contribution is -2.44. The SMILES string of the molecule is CSCC[C@H](N)C(=O)N1CCCC(c2ccccc2)CC1.Cl. The van der Waals surface area contributed by atoms with E-state index >= 15 is 0 Å². The molecule has 1 unspecified atom stereocenters. The number of likely N-dealkylation sites (tertiary alicyclic amines) is 1. The van der Waals surface area contributed by atoms with Gasteiger partial charge in [0.05, 0.1) is 6.04 Å².